The Hall–Kier alpha value is -2.07. The molecule has 0 amide bonds. The molecule has 0 aliphatic heterocycles. The van der Waals surface area contributed by atoms with Crippen LogP contribution in [0.15, 0.2) is 42.5 Å². The van der Waals surface area contributed by atoms with Gasteiger partial charge in [0.15, 0.2) is 0 Å². The van der Waals surface area contributed by atoms with Crippen LogP contribution < -0.4 is 9.47 Å². The van der Waals surface area contributed by atoms with Gasteiger partial charge in [0.2, 0.25) is 0 Å². The van der Waals surface area contributed by atoms with E-state index in [2.05, 4.69) is 0 Å². The van der Waals surface area contributed by atoms with Crippen LogP contribution in [-0.4, -0.2) is 18.3 Å². The molecule has 2 rings (SSSR count). The number of rotatable bonds is 5. The van der Waals surface area contributed by atoms with E-state index < -0.39 is 12.2 Å². The lowest BCUT2D eigenvalue weighted by Gasteiger charge is -2.21. The van der Waals surface area contributed by atoms with E-state index in [0.717, 1.165) is 11.3 Å². The van der Waals surface area contributed by atoms with Gasteiger partial charge in [-0.2, -0.15) is 0 Å². The number of ether oxygens (including phenoxy) is 2. The molecular weight excluding hydrogens is 271 g/mol. The number of benzene rings is 2. The zero-order valence-corrected chi connectivity index (χ0v) is 12.3. The van der Waals surface area contributed by atoms with Crippen LogP contribution in [0, 0.1) is 12.7 Å². The van der Waals surface area contributed by atoms with Gasteiger partial charge in [0.25, 0.3) is 0 Å². The molecule has 0 saturated heterocycles. The fourth-order valence-corrected chi connectivity index (χ4v) is 2.04. The van der Waals surface area contributed by atoms with E-state index in [1.54, 1.807) is 57.4 Å². The molecule has 3 nitrogen and oxygen atoms in total. The fraction of sp³-hybridized carbons (Fsp3) is 0.294. The Morgan fingerprint density at radius 3 is 2.24 bits per heavy atom. The number of methoxy groups -OCH3 is 1. The normalized spacial score (nSPS) is 13.6. The van der Waals surface area contributed by atoms with Gasteiger partial charge in [-0.05, 0) is 55.3 Å². The molecule has 2 aromatic rings. The molecule has 1 N–H and O–H groups in total. The fourth-order valence-electron chi connectivity index (χ4n) is 2.04. The molecule has 0 aliphatic carbocycles. The van der Waals surface area contributed by atoms with Crippen LogP contribution >= 0.6 is 0 Å². The van der Waals surface area contributed by atoms with E-state index in [1.807, 2.05) is 0 Å². The number of hydrogen-bond acceptors (Lipinski definition) is 3. The summed E-state index contributed by atoms with van der Waals surface area (Å²) in [6, 6.07) is 11.7. The predicted molar refractivity (Wildman–Crippen MR) is 79.2 cm³/mol. The second-order valence-electron chi connectivity index (χ2n) is 4.95. The molecule has 0 fully saturated rings. The Balaban J connectivity index is 2.07. The van der Waals surface area contributed by atoms with Crippen molar-refractivity contribution in [1.29, 1.82) is 0 Å². The summed E-state index contributed by atoms with van der Waals surface area (Å²) >= 11 is 0. The summed E-state index contributed by atoms with van der Waals surface area (Å²) in [6.45, 7) is 3.44. The summed E-state index contributed by atoms with van der Waals surface area (Å²) in [6.07, 6.45) is -1.23. The number of aliphatic hydroxyl groups is 1. The average Bonchev–Trinajstić information content (AvgIpc) is 2.50. The van der Waals surface area contributed by atoms with Crippen molar-refractivity contribution in [3.05, 3.63) is 59.4 Å². The lowest BCUT2D eigenvalue weighted by Crippen LogP contribution is -2.21. The molecule has 2 atom stereocenters. The minimum atomic E-state index is -0.777. The zero-order chi connectivity index (χ0) is 15.4. The van der Waals surface area contributed by atoms with Crippen molar-refractivity contribution >= 4 is 0 Å². The zero-order valence-electron chi connectivity index (χ0n) is 12.3. The van der Waals surface area contributed by atoms with Crippen LogP contribution in [0.1, 0.15) is 24.2 Å². The van der Waals surface area contributed by atoms with Crippen LogP contribution in [0.5, 0.6) is 11.5 Å². The minimum absolute atomic E-state index is 0.272. The van der Waals surface area contributed by atoms with Gasteiger partial charge in [-0.1, -0.05) is 12.1 Å². The van der Waals surface area contributed by atoms with Gasteiger partial charge in [0.1, 0.15) is 29.5 Å². The Bertz CT molecular complexity index is 595. The maximum absolute atomic E-state index is 13.2. The molecule has 0 aromatic heterocycles. The highest BCUT2D eigenvalue weighted by Crippen LogP contribution is 2.24. The van der Waals surface area contributed by atoms with Crippen LogP contribution in [0.3, 0.4) is 0 Å². The van der Waals surface area contributed by atoms with E-state index >= 15 is 0 Å². The van der Waals surface area contributed by atoms with Gasteiger partial charge in [-0.3, -0.25) is 0 Å². The quantitative estimate of drug-likeness (QED) is 0.913. The molecule has 4 heteroatoms. The van der Waals surface area contributed by atoms with Crippen LogP contribution in [0.25, 0.3) is 0 Å². The van der Waals surface area contributed by atoms with Gasteiger partial charge in [0, 0.05) is 0 Å². The summed E-state index contributed by atoms with van der Waals surface area (Å²) in [5, 5.41) is 10.3. The van der Waals surface area contributed by atoms with Crippen molar-refractivity contribution in [3.8, 4) is 11.5 Å². The minimum Gasteiger partial charge on any atom is -0.497 e. The largest absolute Gasteiger partial charge is 0.497 e. The first kappa shape index (κ1) is 15.3. The van der Waals surface area contributed by atoms with Crippen LogP contribution in [0.4, 0.5) is 4.39 Å². The Morgan fingerprint density at radius 1 is 1.05 bits per heavy atom. The van der Waals surface area contributed by atoms with Gasteiger partial charge < -0.3 is 14.6 Å². The monoisotopic (exact) mass is 290 g/mol. The van der Waals surface area contributed by atoms with Crippen LogP contribution in [-0.2, 0) is 0 Å². The molecule has 112 valence electrons. The number of hydrogen-bond donors (Lipinski definition) is 1. The van der Waals surface area contributed by atoms with E-state index in [4.69, 9.17) is 9.47 Å². The molecule has 0 aliphatic rings. The summed E-state index contributed by atoms with van der Waals surface area (Å²) in [4.78, 5) is 0. The van der Waals surface area contributed by atoms with Gasteiger partial charge >= 0.3 is 0 Å². The van der Waals surface area contributed by atoms with Crippen molar-refractivity contribution in [3.63, 3.8) is 0 Å². The first-order valence-electron chi connectivity index (χ1n) is 6.76. The van der Waals surface area contributed by atoms with Crippen molar-refractivity contribution in [2.75, 3.05) is 7.11 Å². The highest BCUT2D eigenvalue weighted by molar-refractivity contribution is 5.31. The third kappa shape index (κ3) is 3.73. The van der Waals surface area contributed by atoms with Gasteiger partial charge in [-0.25, -0.2) is 4.39 Å². The average molecular weight is 290 g/mol. The van der Waals surface area contributed by atoms with Gasteiger partial charge in [0.05, 0.1) is 7.11 Å². The summed E-state index contributed by atoms with van der Waals surface area (Å²) in [5.74, 6) is 0.994. The van der Waals surface area contributed by atoms with E-state index in [-0.39, 0.29) is 5.82 Å². The molecule has 2 aromatic carbocycles. The third-order valence-corrected chi connectivity index (χ3v) is 3.35. The molecule has 0 spiro atoms. The van der Waals surface area contributed by atoms with Gasteiger partial charge in [-0.15, -0.1) is 0 Å². The summed E-state index contributed by atoms with van der Waals surface area (Å²) in [7, 11) is 1.59. The smallest absolute Gasteiger partial charge is 0.126 e. The van der Waals surface area contributed by atoms with Crippen molar-refractivity contribution in [2.24, 2.45) is 0 Å². The molecular formula is C17H19FO3. The molecule has 0 saturated carbocycles. The lowest BCUT2D eigenvalue weighted by molar-refractivity contribution is 0.0466. The molecule has 0 radical (unpaired) electrons. The third-order valence-electron chi connectivity index (χ3n) is 3.35. The molecule has 2 unspecified atom stereocenters. The summed E-state index contributed by atoms with van der Waals surface area (Å²) < 4.78 is 24.0. The van der Waals surface area contributed by atoms with E-state index in [9.17, 15) is 9.50 Å². The van der Waals surface area contributed by atoms with Crippen LogP contribution in [0.2, 0.25) is 0 Å². The molecule has 0 bridgehead atoms. The van der Waals surface area contributed by atoms with E-state index in [1.165, 1.54) is 6.07 Å². The lowest BCUT2D eigenvalue weighted by atomic mass is 10.1. The summed E-state index contributed by atoms with van der Waals surface area (Å²) in [5.41, 5.74) is 1.25. The van der Waals surface area contributed by atoms with Crippen molar-refractivity contribution in [1.82, 2.24) is 0 Å². The number of halogens is 1. The highest BCUT2D eigenvalue weighted by Gasteiger charge is 2.18. The van der Waals surface area contributed by atoms with E-state index in [0.29, 0.717) is 11.3 Å². The second-order valence-corrected chi connectivity index (χ2v) is 4.95. The van der Waals surface area contributed by atoms with Crippen molar-refractivity contribution in [2.45, 2.75) is 26.1 Å². The number of aryl methyl sites for hydroxylation is 1. The molecule has 0 heterocycles. The maximum Gasteiger partial charge on any atom is 0.126 e. The Kier molecular flexibility index (Phi) is 4.81. The first-order valence-corrected chi connectivity index (χ1v) is 6.76. The predicted octanol–water partition coefficient (Wildman–Crippen LogP) is 3.64. The SMILES string of the molecule is COc1ccc(C(O)C(C)Oc2ccc(F)c(C)c2)cc1. The Morgan fingerprint density at radius 2 is 1.67 bits per heavy atom. The number of aliphatic hydroxyl groups excluding tert-OH is 1. The topological polar surface area (TPSA) is 38.7 Å². The molecule has 21 heavy (non-hydrogen) atoms. The first-order chi connectivity index (χ1) is 10.0. The maximum atomic E-state index is 13.2. The highest BCUT2D eigenvalue weighted by atomic mass is 19.1. The standard InChI is InChI=1S/C17H19FO3/c1-11-10-15(8-9-16(11)18)21-12(2)17(19)13-4-6-14(20-3)7-5-13/h4-10,12,17,19H,1-3H3. The second kappa shape index (κ2) is 6.59. The Labute approximate surface area is 124 Å². The van der Waals surface area contributed by atoms with Crippen molar-refractivity contribution < 1.29 is 19.0 Å².